The van der Waals surface area contributed by atoms with E-state index in [0.717, 1.165) is 27.6 Å². The number of nitrogens with zero attached hydrogens (tertiary/aromatic N) is 3. The van der Waals surface area contributed by atoms with Crippen molar-refractivity contribution in [3.63, 3.8) is 0 Å². The molecule has 134 valence electrons. The monoisotopic (exact) mass is 383 g/mol. The Labute approximate surface area is 163 Å². The molecule has 5 heteroatoms. The number of hydrogen-bond donors (Lipinski definition) is 0. The Morgan fingerprint density at radius 1 is 1.04 bits per heavy atom. The van der Waals surface area contributed by atoms with Crippen LogP contribution in [0, 0.1) is 20.8 Å². The molecule has 0 unspecified atom stereocenters. The van der Waals surface area contributed by atoms with Gasteiger partial charge in [-0.15, -0.1) is 11.3 Å². The summed E-state index contributed by atoms with van der Waals surface area (Å²) >= 11 is 7.58. The lowest BCUT2D eigenvalue weighted by Gasteiger charge is -2.10. The molecule has 0 aliphatic heterocycles. The third-order valence-electron chi connectivity index (χ3n) is 4.29. The van der Waals surface area contributed by atoms with E-state index in [9.17, 15) is 0 Å². The number of aryl methyl sites for hydroxylation is 3. The molecule has 2 aromatic carbocycles. The second kappa shape index (κ2) is 8.02. The van der Waals surface area contributed by atoms with Crippen LogP contribution in [0.4, 0.5) is 0 Å². The molecule has 0 radical (unpaired) electrons. The highest BCUT2D eigenvalue weighted by Crippen LogP contribution is 2.27. The van der Waals surface area contributed by atoms with Gasteiger partial charge in [-0.1, -0.05) is 29.8 Å². The van der Waals surface area contributed by atoms with Crippen LogP contribution in [0.15, 0.2) is 51.9 Å². The average Bonchev–Trinajstić information content (AvgIpc) is 3.00. The average molecular weight is 384 g/mol. The lowest BCUT2D eigenvalue weighted by molar-refractivity contribution is 0.832. The lowest BCUT2D eigenvalue weighted by Crippen LogP contribution is -2.12. The van der Waals surface area contributed by atoms with Crippen molar-refractivity contribution in [2.45, 2.75) is 27.7 Å². The highest BCUT2D eigenvalue weighted by atomic mass is 35.5. The first-order valence-corrected chi connectivity index (χ1v) is 9.84. The van der Waals surface area contributed by atoms with Gasteiger partial charge in [0, 0.05) is 22.5 Å². The molecule has 3 aromatic rings. The van der Waals surface area contributed by atoms with E-state index in [1.807, 2.05) is 42.1 Å². The molecule has 0 atom stereocenters. The molecular formula is C21H22ClN3S. The van der Waals surface area contributed by atoms with Gasteiger partial charge in [0.15, 0.2) is 0 Å². The van der Waals surface area contributed by atoms with Gasteiger partial charge < -0.3 is 0 Å². The highest BCUT2D eigenvalue weighted by molar-refractivity contribution is 7.07. The van der Waals surface area contributed by atoms with Gasteiger partial charge in [0.1, 0.15) is 0 Å². The number of benzene rings is 2. The fourth-order valence-corrected chi connectivity index (χ4v) is 3.77. The third-order valence-corrected chi connectivity index (χ3v) is 5.39. The van der Waals surface area contributed by atoms with Crippen LogP contribution in [-0.4, -0.2) is 17.4 Å². The summed E-state index contributed by atoms with van der Waals surface area (Å²) in [5, 5.41) is 7.57. The minimum Gasteiger partial charge on any atom is -0.258 e. The van der Waals surface area contributed by atoms with Crippen LogP contribution in [0.1, 0.15) is 29.2 Å². The van der Waals surface area contributed by atoms with E-state index in [0.29, 0.717) is 0 Å². The fourth-order valence-electron chi connectivity index (χ4n) is 2.75. The standard InChI is InChI=1S/C21H22ClN3S/c1-5-23-21-25(24-12-17-6-8-18(22)9-7-17)20(13-26-21)19-11-15(3)14(2)10-16(19)4/h6-13H,5H2,1-4H3. The molecule has 1 aromatic heterocycles. The van der Waals surface area contributed by atoms with E-state index in [1.54, 1.807) is 11.3 Å². The summed E-state index contributed by atoms with van der Waals surface area (Å²) in [6.45, 7) is 9.19. The summed E-state index contributed by atoms with van der Waals surface area (Å²) in [7, 11) is 0. The van der Waals surface area contributed by atoms with E-state index in [1.165, 1.54) is 22.3 Å². The maximum atomic E-state index is 5.97. The summed E-state index contributed by atoms with van der Waals surface area (Å²) in [5.74, 6) is 0. The Kier molecular flexibility index (Phi) is 5.74. The topological polar surface area (TPSA) is 29.6 Å². The van der Waals surface area contributed by atoms with Gasteiger partial charge in [-0.25, -0.2) is 4.68 Å². The van der Waals surface area contributed by atoms with E-state index in [-0.39, 0.29) is 0 Å². The summed E-state index contributed by atoms with van der Waals surface area (Å²) in [4.78, 5) is 5.49. The summed E-state index contributed by atoms with van der Waals surface area (Å²) in [6, 6.07) is 12.1. The molecule has 0 aliphatic rings. The third kappa shape index (κ3) is 3.97. The predicted octanol–water partition coefficient (Wildman–Crippen LogP) is 5.60. The van der Waals surface area contributed by atoms with Crippen LogP contribution in [0.25, 0.3) is 11.3 Å². The first-order chi connectivity index (χ1) is 12.5. The van der Waals surface area contributed by atoms with E-state index in [2.05, 4.69) is 43.3 Å². The SMILES string of the molecule is CCN=c1scc(-c2cc(C)c(C)cc2C)n1N=Cc1ccc(Cl)cc1. The molecule has 0 N–H and O–H groups in total. The van der Waals surface area contributed by atoms with Crippen molar-refractivity contribution in [1.82, 2.24) is 4.68 Å². The van der Waals surface area contributed by atoms with Crippen LogP contribution in [0.3, 0.4) is 0 Å². The Morgan fingerprint density at radius 3 is 2.42 bits per heavy atom. The zero-order valence-corrected chi connectivity index (χ0v) is 17.0. The number of aromatic nitrogens is 1. The van der Waals surface area contributed by atoms with Crippen LogP contribution >= 0.6 is 22.9 Å². The number of hydrogen-bond acceptors (Lipinski definition) is 3. The molecule has 0 aliphatic carbocycles. The van der Waals surface area contributed by atoms with Gasteiger partial charge in [-0.3, -0.25) is 4.99 Å². The second-order valence-corrected chi connectivity index (χ2v) is 7.51. The molecule has 1 heterocycles. The van der Waals surface area contributed by atoms with Crippen molar-refractivity contribution < 1.29 is 0 Å². The van der Waals surface area contributed by atoms with Crippen LogP contribution in [-0.2, 0) is 0 Å². The van der Waals surface area contributed by atoms with Gasteiger partial charge in [-0.2, -0.15) is 5.10 Å². The molecule has 0 saturated carbocycles. The van der Waals surface area contributed by atoms with Gasteiger partial charge >= 0.3 is 0 Å². The minimum absolute atomic E-state index is 0.721. The molecule has 0 saturated heterocycles. The minimum atomic E-state index is 0.721. The number of rotatable bonds is 4. The zero-order valence-electron chi connectivity index (χ0n) is 15.5. The van der Waals surface area contributed by atoms with Gasteiger partial charge in [0.25, 0.3) is 0 Å². The summed E-state index contributed by atoms with van der Waals surface area (Å²) < 4.78 is 1.93. The Morgan fingerprint density at radius 2 is 1.73 bits per heavy atom. The first kappa shape index (κ1) is 18.6. The summed E-state index contributed by atoms with van der Waals surface area (Å²) in [5.41, 5.74) is 7.07. The van der Waals surface area contributed by atoms with E-state index >= 15 is 0 Å². The fraction of sp³-hybridized carbons (Fsp3) is 0.238. The molecule has 0 amide bonds. The van der Waals surface area contributed by atoms with Crippen LogP contribution < -0.4 is 4.80 Å². The van der Waals surface area contributed by atoms with E-state index < -0.39 is 0 Å². The second-order valence-electron chi connectivity index (χ2n) is 6.24. The molecule has 3 rings (SSSR count). The van der Waals surface area contributed by atoms with E-state index in [4.69, 9.17) is 16.7 Å². The van der Waals surface area contributed by atoms with Gasteiger partial charge in [0.05, 0.1) is 11.9 Å². The van der Waals surface area contributed by atoms with Crippen molar-refractivity contribution in [3.05, 3.63) is 73.9 Å². The Balaban J connectivity index is 2.12. The lowest BCUT2D eigenvalue weighted by atomic mass is 9.99. The molecule has 3 nitrogen and oxygen atoms in total. The van der Waals surface area contributed by atoms with Crippen LogP contribution in [0.5, 0.6) is 0 Å². The van der Waals surface area contributed by atoms with Gasteiger partial charge in [0.2, 0.25) is 4.80 Å². The van der Waals surface area contributed by atoms with Crippen molar-refractivity contribution in [3.8, 4) is 11.3 Å². The van der Waals surface area contributed by atoms with Crippen molar-refractivity contribution in [2.75, 3.05) is 6.54 Å². The van der Waals surface area contributed by atoms with Gasteiger partial charge in [-0.05, 0) is 68.1 Å². The van der Waals surface area contributed by atoms with Crippen molar-refractivity contribution >= 4 is 29.2 Å². The van der Waals surface area contributed by atoms with Crippen molar-refractivity contribution in [1.29, 1.82) is 0 Å². The number of halogens is 1. The molecule has 0 bridgehead atoms. The Hall–Kier alpha value is -2.17. The first-order valence-electron chi connectivity index (χ1n) is 8.58. The van der Waals surface area contributed by atoms with Crippen molar-refractivity contribution in [2.24, 2.45) is 10.1 Å². The maximum Gasteiger partial charge on any atom is 0.206 e. The summed E-state index contributed by atoms with van der Waals surface area (Å²) in [6.07, 6.45) is 1.84. The quantitative estimate of drug-likeness (QED) is 0.525. The predicted molar refractivity (Wildman–Crippen MR) is 113 cm³/mol. The molecular weight excluding hydrogens is 362 g/mol. The normalized spacial score (nSPS) is 12.3. The molecule has 0 spiro atoms. The largest absolute Gasteiger partial charge is 0.258 e. The zero-order chi connectivity index (χ0) is 18.7. The smallest absolute Gasteiger partial charge is 0.206 e. The van der Waals surface area contributed by atoms with Crippen LogP contribution in [0.2, 0.25) is 5.02 Å². The highest BCUT2D eigenvalue weighted by Gasteiger charge is 2.11. The molecule has 0 fully saturated rings. The number of thiazole rings is 1. The molecule has 26 heavy (non-hydrogen) atoms. The maximum absolute atomic E-state index is 5.97. The Bertz CT molecular complexity index is 1010.